The fourth-order valence-electron chi connectivity index (χ4n) is 1.62. The van der Waals surface area contributed by atoms with E-state index in [1.165, 1.54) is 25.1 Å². The minimum absolute atomic E-state index is 0.334. The average Bonchev–Trinajstić information content (AvgIpc) is 2.24. The molecule has 1 aromatic carbocycles. The van der Waals surface area contributed by atoms with Gasteiger partial charge < -0.3 is 5.32 Å². The molecule has 1 amide bonds. The number of amides is 1. The van der Waals surface area contributed by atoms with Gasteiger partial charge in [-0.3, -0.25) is 4.79 Å². The van der Waals surface area contributed by atoms with Crippen molar-refractivity contribution < 1.29 is 17.6 Å². The Morgan fingerprint density at radius 1 is 1.35 bits per heavy atom. The summed E-state index contributed by atoms with van der Waals surface area (Å²) in [6.45, 7) is 6.67. The molecule has 112 valence electrons. The molecule has 0 spiro atoms. The first-order valence-electron chi connectivity index (χ1n) is 6.29. The van der Waals surface area contributed by atoms with E-state index < -0.39 is 32.4 Å². The molecule has 1 aromatic rings. The Morgan fingerprint density at radius 2 is 1.95 bits per heavy atom. The zero-order valence-electron chi connectivity index (χ0n) is 12.1. The van der Waals surface area contributed by atoms with Crippen molar-refractivity contribution in [3.8, 4) is 0 Å². The molecule has 1 atom stereocenters. The highest BCUT2D eigenvalue weighted by atomic mass is 32.2. The first-order chi connectivity index (χ1) is 9.01. The lowest BCUT2D eigenvalue weighted by atomic mass is 10.1. The van der Waals surface area contributed by atoms with Crippen LogP contribution in [0.15, 0.2) is 24.3 Å². The van der Waals surface area contributed by atoms with Crippen LogP contribution in [0, 0.1) is 5.82 Å². The van der Waals surface area contributed by atoms with Gasteiger partial charge in [0.15, 0.2) is 9.84 Å². The molecule has 1 rings (SSSR count). The van der Waals surface area contributed by atoms with Crippen molar-refractivity contribution in [2.75, 3.05) is 0 Å². The summed E-state index contributed by atoms with van der Waals surface area (Å²) in [5.74, 6) is -1.40. The Balaban J connectivity index is 2.86. The van der Waals surface area contributed by atoms with Gasteiger partial charge in [-0.1, -0.05) is 12.1 Å². The quantitative estimate of drug-likeness (QED) is 0.925. The Kier molecular flexibility index (Phi) is 4.91. The third kappa shape index (κ3) is 4.92. The van der Waals surface area contributed by atoms with Gasteiger partial charge in [0.25, 0.3) is 0 Å². The van der Waals surface area contributed by atoms with Crippen molar-refractivity contribution in [3.05, 3.63) is 35.6 Å². The number of halogens is 1. The smallest absolute Gasteiger partial charge is 0.238 e. The Labute approximate surface area is 119 Å². The van der Waals surface area contributed by atoms with Crippen LogP contribution in [0.4, 0.5) is 4.39 Å². The average molecular weight is 301 g/mol. The van der Waals surface area contributed by atoms with Crippen LogP contribution in [-0.2, 0) is 20.4 Å². The first-order valence-corrected chi connectivity index (χ1v) is 8.01. The van der Waals surface area contributed by atoms with Gasteiger partial charge in [0, 0.05) is 5.54 Å². The van der Waals surface area contributed by atoms with E-state index in [9.17, 15) is 17.6 Å². The predicted octanol–water partition coefficient (Wildman–Crippen LogP) is 2.04. The van der Waals surface area contributed by atoms with E-state index in [0.29, 0.717) is 5.56 Å². The van der Waals surface area contributed by atoms with Crippen LogP contribution >= 0.6 is 0 Å². The molecule has 0 aliphatic carbocycles. The van der Waals surface area contributed by atoms with Crippen LogP contribution in [0.5, 0.6) is 0 Å². The van der Waals surface area contributed by atoms with Gasteiger partial charge in [0.05, 0.1) is 5.75 Å². The van der Waals surface area contributed by atoms with Gasteiger partial charge in [-0.15, -0.1) is 0 Å². The molecule has 20 heavy (non-hydrogen) atoms. The molecule has 0 aromatic heterocycles. The first kappa shape index (κ1) is 16.6. The summed E-state index contributed by atoms with van der Waals surface area (Å²) >= 11 is 0. The van der Waals surface area contributed by atoms with Crippen molar-refractivity contribution in [3.63, 3.8) is 0 Å². The van der Waals surface area contributed by atoms with Crippen LogP contribution in [0.3, 0.4) is 0 Å². The van der Waals surface area contributed by atoms with Crippen LogP contribution in [0.2, 0.25) is 0 Å². The number of rotatable bonds is 4. The minimum Gasteiger partial charge on any atom is -0.350 e. The zero-order chi connectivity index (χ0) is 15.6. The van der Waals surface area contributed by atoms with Crippen LogP contribution in [-0.4, -0.2) is 25.1 Å². The minimum atomic E-state index is -3.68. The highest BCUT2D eigenvalue weighted by Crippen LogP contribution is 2.13. The van der Waals surface area contributed by atoms with Crippen molar-refractivity contribution in [1.82, 2.24) is 5.32 Å². The molecule has 0 unspecified atom stereocenters. The Hall–Kier alpha value is -1.43. The van der Waals surface area contributed by atoms with Gasteiger partial charge in [0.2, 0.25) is 5.91 Å². The molecule has 0 aliphatic rings. The van der Waals surface area contributed by atoms with Crippen LogP contribution < -0.4 is 5.32 Å². The van der Waals surface area contributed by atoms with Crippen molar-refractivity contribution >= 4 is 15.7 Å². The summed E-state index contributed by atoms with van der Waals surface area (Å²) in [6.07, 6.45) is 0. The monoisotopic (exact) mass is 301 g/mol. The number of hydrogen-bond acceptors (Lipinski definition) is 3. The normalized spacial score (nSPS) is 13.8. The van der Waals surface area contributed by atoms with Gasteiger partial charge >= 0.3 is 0 Å². The topological polar surface area (TPSA) is 63.2 Å². The van der Waals surface area contributed by atoms with Crippen LogP contribution in [0.25, 0.3) is 0 Å². The summed E-state index contributed by atoms with van der Waals surface area (Å²) in [4.78, 5) is 11.9. The van der Waals surface area contributed by atoms with Crippen molar-refractivity contribution in [2.24, 2.45) is 0 Å². The predicted molar refractivity (Wildman–Crippen MR) is 76.4 cm³/mol. The molecule has 0 heterocycles. The van der Waals surface area contributed by atoms with E-state index >= 15 is 0 Å². The molecule has 0 bridgehead atoms. The second-order valence-corrected chi connectivity index (χ2v) is 8.14. The number of carbonyl (C=O) groups is 1. The van der Waals surface area contributed by atoms with E-state index in [-0.39, 0.29) is 5.75 Å². The number of sulfone groups is 1. The number of nitrogens with one attached hydrogen (secondary N) is 1. The standard InChI is InChI=1S/C14H20FNO3S/c1-10(13(17)16-14(2,3)4)20(18,19)9-11-6-5-7-12(15)8-11/h5-8,10H,9H2,1-4H3,(H,16,17)/t10-/m0/s1. The van der Waals surface area contributed by atoms with Gasteiger partial charge in [-0.25, -0.2) is 12.8 Å². The summed E-state index contributed by atoms with van der Waals surface area (Å²) in [6, 6.07) is 5.37. The Bertz CT molecular complexity index is 591. The maximum atomic E-state index is 13.1. The van der Waals surface area contributed by atoms with Gasteiger partial charge in [-0.05, 0) is 45.4 Å². The summed E-state index contributed by atoms with van der Waals surface area (Å²) in [5, 5.41) is 1.45. The molecule has 6 heteroatoms. The van der Waals surface area contributed by atoms with E-state index in [1.54, 1.807) is 20.8 Å². The van der Waals surface area contributed by atoms with E-state index in [2.05, 4.69) is 5.32 Å². The highest BCUT2D eigenvalue weighted by molar-refractivity contribution is 7.92. The lowest BCUT2D eigenvalue weighted by Crippen LogP contribution is -2.47. The lowest BCUT2D eigenvalue weighted by Gasteiger charge is -2.23. The molecular formula is C14H20FNO3S. The molecular weight excluding hydrogens is 281 g/mol. The number of hydrogen-bond donors (Lipinski definition) is 1. The maximum Gasteiger partial charge on any atom is 0.238 e. The lowest BCUT2D eigenvalue weighted by molar-refractivity contribution is -0.121. The third-order valence-corrected chi connectivity index (χ3v) is 4.69. The number of carbonyl (C=O) groups excluding carboxylic acids is 1. The molecule has 0 aliphatic heterocycles. The second kappa shape index (κ2) is 5.91. The van der Waals surface area contributed by atoms with Gasteiger partial charge in [-0.2, -0.15) is 0 Å². The van der Waals surface area contributed by atoms with Crippen LogP contribution in [0.1, 0.15) is 33.3 Å². The maximum absolute atomic E-state index is 13.1. The second-order valence-electron chi connectivity index (χ2n) is 5.82. The van der Waals surface area contributed by atoms with Gasteiger partial charge in [0.1, 0.15) is 11.1 Å². The molecule has 0 fully saturated rings. The molecule has 1 N–H and O–H groups in total. The summed E-state index contributed by atoms with van der Waals surface area (Å²) in [5.41, 5.74) is -0.167. The molecule has 4 nitrogen and oxygen atoms in total. The summed E-state index contributed by atoms with van der Waals surface area (Å²) < 4.78 is 37.4. The SMILES string of the molecule is C[C@@H](C(=O)NC(C)(C)C)S(=O)(=O)Cc1cccc(F)c1. The van der Waals surface area contributed by atoms with E-state index in [4.69, 9.17) is 0 Å². The molecule has 0 radical (unpaired) electrons. The largest absolute Gasteiger partial charge is 0.350 e. The highest BCUT2D eigenvalue weighted by Gasteiger charge is 2.30. The number of benzene rings is 1. The van der Waals surface area contributed by atoms with Crippen molar-refractivity contribution in [1.29, 1.82) is 0 Å². The Morgan fingerprint density at radius 3 is 2.45 bits per heavy atom. The third-order valence-electron chi connectivity index (χ3n) is 2.66. The summed E-state index contributed by atoms with van der Waals surface area (Å²) in [7, 11) is -3.68. The fraction of sp³-hybridized carbons (Fsp3) is 0.500. The fourth-order valence-corrected chi connectivity index (χ4v) is 2.90. The zero-order valence-corrected chi connectivity index (χ0v) is 12.9. The van der Waals surface area contributed by atoms with E-state index in [0.717, 1.165) is 6.07 Å². The molecule has 0 saturated heterocycles. The van der Waals surface area contributed by atoms with Crippen molar-refractivity contribution in [2.45, 2.75) is 44.2 Å². The van der Waals surface area contributed by atoms with E-state index in [1.807, 2.05) is 0 Å². The molecule has 0 saturated carbocycles.